The highest BCUT2D eigenvalue weighted by Crippen LogP contribution is 2.38. The number of hydrogen-bond acceptors (Lipinski definition) is 3. The second kappa shape index (κ2) is 9.07. The van der Waals surface area contributed by atoms with Crippen LogP contribution in [-0.4, -0.2) is 5.17 Å². The lowest BCUT2D eigenvalue weighted by atomic mass is 9.95. The van der Waals surface area contributed by atoms with Crippen molar-refractivity contribution in [3.8, 4) is 0 Å². The third kappa shape index (κ3) is 4.52. The molecular weight excluding hydrogens is 379 g/mol. The van der Waals surface area contributed by atoms with Crippen LogP contribution in [-0.2, 0) is 5.75 Å². The van der Waals surface area contributed by atoms with E-state index >= 15 is 0 Å². The maximum atomic E-state index is 13.9. The predicted octanol–water partition coefficient (Wildman–Crippen LogP) is 5.92. The van der Waals surface area contributed by atoms with Crippen LogP contribution in [0.15, 0.2) is 89.9 Å². The SMILES string of the molecule is Cl.Fc1ccccc1CSC1=NC(c2ccccc2)C(c2ccccc2)N1. The predicted molar refractivity (Wildman–Crippen MR) is 114 cm³/mol. The van der Waals surface area contributed by atoms with Gasteiger partial charge in [0.05, 0.1) is 6.04 Å². The molecule has 2 unspecified atom stereocenters. The molecule has 0 bridgehead atoms. The first kappa shape index (κ1) is 19.5. The van der Waals surface area contributed by atoms with Gasteiger partial charge in [0.1, 0.15) is 11.9 Å². The van der Waals surface area contributed by atoms with E-state index in [1.807, 2.05) is 48.5 Å². The van der Waals surface area contributed by atoms with E-state index in [9.17, 15) is 4.39 Å². The molecule has 0 fully saturated rings. The zero-order chi connectivity index (χ0) is 17.8. The Morgan fingerprint density at radius 2 is 1.41 bits per heavy atom. The number of hydrogen-bond donors (Lipinski definition) is 1. The molecule has 0 saturated heterocycles. The van der Waals surface area contributed by atoms with Crippen LogP contribution in [0.5, 0.6) is 0 Å². The van der Waals surface area contributed by atoms with Crippen molar-refractivity contribution in [3.05, 3.63) is 107 Å². The molecule has 27 heavy (non-hydrogen) atoms. The molecule has 1 N–H and O–H groups in total. The molecule has 2 nitrogen and oxygen atoms in total. The van der Waals surface area contributed by atoms with Crippen LogP contribution >= 0.6 is 24.2 Å². The van der Waals surface area contributed by atoms with Gasteiger partial charge in [-0.05, 0) is 22.8 Å². The second-order valence-corrected chi connectivity index (χ2v) is 7.17. The summed E-state index contributed by atoms with van der Waals surface area (Å²) in [6, 6.07) is 27.7. The number of nitrogens with zero attached hydrogens (tertiary/aromatic N) is 1. The monoisotopic (exact) mass is 398 g/mol. The number of nitrogens with one attached hydrogen (secondary N) is 1. The Kier molecular flexibility index (Phi) is 6.54. The Bertz CT molecular complexity index is 902. The van der Waals surface area contributed by atoms with E-state index in [2.05, 4.69) is 29.6 Å². The van der Waals surface area contributed by atoms with Crippen molar-refractivity contribution in [2.45, 2.75) is 17.8 Å². The molecule has 0 amide bonds. The molecule has 4 rings (SSSR count). The van der Waals surface area contributed by atoms with E-state index in [1.54, 1.807) is 17.8 Å². The normalized spacial score (nSPS) is 18.3. The van der Waals surface area contributed by atoms with Crippen molar-refractivity contribution in [1.29, 1.82) is 0 Å². The first-order chi connectivity index (χ1) is 12.8. The van der Waals surface area contributed by atoms with Crippen LogP contribution < -0.4 is 5.32 Å². The molecule has 0 spiro atoms. The second-order valence-electron chi connectivity index (χ2n) is 6.20. The van der Waals surface area contributed by atoms with Gasteiger partial charge in [-0.2, -0.15) is 0 Å². The first-order valence-electron chi connectivity index (χ1n) is 8.62. The summed E-state index contributed by atoms with van der Waals surface area (Å²) in [6.07, 6.45) is 0. The number of benzene rings is 3. The van der Waals surface area contributed by atoms with Crippen LogP contribution in [0.4, 0.5) is 4.39 Å². The summed E-state index contributed by atoms with van der Waals surface area (Å²) in [7, 11) is 0. The summed E-state index contributed by atoms with van der Waals surface area (Å²) >= 11 is 1.55. The van der Waals surface area contributed by atoms with Gasteiger partial charge in [0.2, 0.25) is 0 Å². The molecule has 138 valence electrons. The maximum absolute atomic E-state index is 13.9. The molecule has 0 saturated carbocycles. The van der Waals surface area contributed by atoms with Gasteiger partial charge in [-0.3, -0.25) is 4.99 Å². The number of rotatable bonds is 4. The fourth-order valence-corrected chi connectivity index (χ4v) is 4.06. The molecular formula is C22H20ClFN2S. The highest BCUT2D eigenvalue weighted by molar-refractivity contribution is 8.13. The Labute approximate surface area is 169 Å². The summed E-state index contributed by atoms with van der Waals surface area (Å²) in [6.45, 7) is 0. The molecule has 0 radical (unpaired) electrons. The van der Waals surface area contributed by atoms with Crippen molar-refractivity contribution in [3.63, 3.8) is 0 Å². The molecule has 1 aliphatic rings. The Morgan fingerprint density at radius 1 is 0.815 bits per heavy atom. The summed E-state index contributed by atoms with van der Waals surface area (Å²) in [5.74, 6) is 0.388. The Morgan fingerprint density at radius 3 is 2.07 bits per heavy atom. The van der Waals surface area contributed by atoms with E-state index in [-0.39, 0.29) is 30.3 Å². The van der Waals surface area contributed by atoms with E-state index < -0.39 is 0 Å². The minimum atomic E-state index is -0.169. The zero-order valence-corrected chi connectivity index (χ0v) is 16.2. The van der Waals surface area contributed by atoms with Crippen LogP contribution in [0, 0.1) is 5.82 Å². The minimum absolute atomic E-state index is 0. The molecule has 0 aliphatic carbocycles. The van der Waals surface area contributed by atoms with Crippen LogP contribution in [0.25, 0.3) is 0 Å². The van der Waals surface area contributed by atoms with Gasteiger partial charge < -0.3 is 5.32 Å². The highest BCUT2D eigenvalue weighted by atomic mass is 35.5. The summed E-state index contributed by atoms with van der Waals surface area (Å²) in [5, 5.41) is 4.39. The summed E-state index contributed by atoms with van der Waals surface area (Å²) in [4.78, 5) is 4.91. The van der Waals surface area contributed by atoms with E-state index in [4.69, 9.17) is 4.99 Å². The van der Waals surface area contributed by atoms with Crippen molar-refractivity contribution in [1.82, 2.24) is 5.32 Å². The van der Waals surface area contributed by atoms with Gasteiger partial charge in [0.25, 0.3) is 0 Å². The lowest BCUT2D eigenvalue weighted by Crippen LogP contribution is -2.22. The molecule has 3 aromatic rings. The third-order valence-electron chi connectivity index (χ3n) is 4.47. The molecule has 3 aromatic carbocycles. The average molecular weight is 399 g/mol. The van der Waals surface area contributed by atoms with Gasteiger partial charge in [-0.15, -0.1) is 12.4 Å². The van der Waals surface area contributed by atoms with E-state index in [0.717, 1.165) is 5.17 Å². The lowest BCUT2D eigenvalue weighted by molar-refractivity contribution is 0.573. The minimum Gasteiger partial charge on any atom is -0.356 e. The summed E-state index contributed by atoms with van der Waals surface area (Å²) in [5.41, 5.74) is 3.07. The molecule has 1 heterocycles. The Balaban J connectivity index is 0.00000210. The van der Waals surface area contributed by atoms with Crippen LogP contribution in [0.3, 0.4) is 0 Å². The number of halogens is 2. The molecule has 1 aliphatic heterocycles. The van der Waals surface area contributed by atoms with Crippen LogP contribution in [0.1, 0.15) is 28.8 Å². The van der Waals surface area contributed by atoms with Crippen LogP contribution in [0.2, 0.25) is 0 Å². The van der Waals surface area contributed by atoms with Gasteiger partial charge in [-0.1, -0.05) is 90.6 Å². The maximum Gasteiger partial charge on any atom is 0.158 e. The first-order valence-corrected chi connectivity index (χ1v) is 9.60. The average Bonchev–Trinajstić information content (AvgIpc) is 3.13. The lowest BCUT2D eigenvalue weighted by Gasteiger charge is -2.19. The number of aliphatic imine (C=N–C) groups is 1. The molecule has 5 heteroatoms. The topological polar surface area (TPSA) is 24.4 Å². The van der Waals surface area contributed by atoms with Crippen molar-refractivity contribution in [2.75, 3.05) is 0 Å². The quantitative estimate of drug-likeness (QED) is 0.589. The number of thioether (sulfide) groups is 1. The van der Waals surface area contributed by atoms with Gasteiger partial charge in [0, 0.05) is 5.75 Å². The van der Waals surface area contributed by atoms with Gasteiger partial charge in [0.15, 0.2) is 5.17 Å². The van der Waals surface area contributed by atoms with E-state index in [0.29, 0.717) is 11.3 Å². The van der Waals surface area contributed by atoms with Gasteiger partial charge in [-0.25, -0.2) is 4.39 Å². The standard InChI is InChI=1S/C22H19FN2S.ClH/c23-19-14-8-7-13-18(19)15-26-22-24-20(16-9-3-1-4-10-16)21(25-22)17-11-5-2-6-12-17;/h1-14,20-21H,15H2,(H,24,25);1H. The van der Waals surface area contributed by atoms with E-state index in [1.165, 1.54) is 17.2 Å². The molecule has 2 atom stereocenters. The largest absolute Gasteiger partial charge is 0.356 e. The number of amidine groups is 1. The van der Waals surface area contributed by atoms with Crippen molar-refractivity contribution < 1.29 is 4.39 Å². The van der Waals surface area contributed by atoms with Crippen molar-refractivity contribution >= 4 is 29.3 Å². The third-order valence-corrected chi connectivity index (χ3v) is 5.43. The highest BCUT2D eigenvalue weighted by Gasteiger charge is 2.31. The smallest absolute Gasteiger partial charge is 0.158 e. The Hall–Kier alpha value is -2.30. The van der Waals surface area contributed by atoms with Crippen molar-refractivity contribution in [2.24, 2.45) is 4.99 Å². The summed E-state index contributed by atoms with van der Waals surface area (Å²) < 4.78 is 13.9. The fraction of sp³-hybridized carbons (Fsp3) is 0.136. The fourth-order valence-electron chi connectivity index (χ4n) is 3.13. The zero-order valence-electron chi connectivity index (χ0n) is 14.6. The van der Waals surface area contributed by atoms with Gasteiger partial charge >= 0.3 is 0 Å². The molecule has 0 aromatic heterocycles.